The molecule has 0 radical (unpaired) electrons. The zero-order valence-electron chi connectivity index (χ0n) is 15.0. The molecule has 1 atom stereocenters. The SMILES string of the molecule is CC[C@@H](c1ccccc1)n1ccc2cc(OCc3ccccc3)ccc21. The monoisotopic (exact) mass is 341 g/mol. The minimum absolute atomic E-state index is 0.352. The van der Waals surface area contributed by atoms with Gasteiger partial charge in [-0.25, -0.2) is 0 Å². The molecular formula is C24H23NO. The van der Waals surface area contributed by atoms with Crippen molar-refractivity contribution in [1.29, 1.82) is 0 Å². The molecule has 3 aromatic carbocycles. The molecule has 2 heteroatoms. The van der Waals surface area contributed by atoms with Gasteiger partial charge in [-0.1, -0.05) is 67.6 Å². The van der Waals surface area contributed by atoms with Crippen LogP contribution in [0.15, 0.2) is 91.1 Å². The van der Waals surface area contributed by atoms with Crippen molar-refractivity contribution >= 4 is 10.9 Å². The van der Waals surface area contributed by atoms with E-state index in [0.29, 0.717) is 12.6 Å². The van der Waals surface area contributed by atoms with Crippen LogP contribution in [0, 0.1) is 0 Å². The molecule has 0 bridgehead atoms. The second-order valence-corrected chi connectivity index (χ2v) is 6.55. The van der Waals surface area contributed by atoms with E-state index in [0.717, 1.165) is 12.2 Å². The molecule has 0 saturated heterocycles. The van der Waals surface area contributed by atoms with Gasteiger partial charge in [0.25, 0.3) is 0 Å². The third-order valence-electron chi connectivity index (χ3n) is 4.85. The molecule has 130 valence electrons. The molecule has 1 aromatic heterocycles. The van der Waals surface area contributed by atoms with E-state index >= 15 is 0 Å². The van der Waals surface area contributed by atoms with Gasteiger partial charge in [0.2, 0.25) is 0 Å². The smallest absolute Gasteiger partial charge is 0.120 e. The van der Waals surface area contributed by atoms with Crippen LogP contribution < -0.4 is 4.74 Å². The van der Waals surface area contributed by atoms with Gasteiger partial charge in [-0.2, -0.15) is 0 Å². The van der Waals surface area contributed by atoms with Gasteiger partial charge in [-0.05, 0) is 41.8 Å². The minimum atomic E-state index is 0.352. The number of benzene rings is 3. The summed E-state index contributed by atoms with van der Waals surface area (Å²) < 4.78 is 8.34. The highest BCUT2D eigenvalue weighted by Gasteiger charge is 2.13. The van der Waals surface area contributed by atoms with Gasteiger partial charge in [0.1, 0.15) is 12.4 Å². The zero-order valence-corrected chi connectivity index (χ0v) is 15.0. The quantitative estimate of drug-likeness (QED) is 0.406. The van der Waals surface area contributed by atoms with E-state index in [9.17, 15) is 0 Å². The molecule has 26 heavy (non-hydrogen) atoms. The van der Waals surface area contributed by atoms with Crippen LogP contribution in [0.25, 0.3) is 10.9 Å². The van der Waals surface area contributed by atoms with Crippen LogP contribution in [-0.4, -0.2) is 4.57 Å². The van der Waals surface area contributed by atoms with Gasteiger partial charge < -0.3 is 9.30 Å². The fourth-order valence-electron chi connectivity index (χ4n) is 3.51. The molecule has 0 N–H and O–H groups in total. The normalized spacial score (nSPS) is 12.2. The van der Waals surface area contributed by atoms with Crippen LogP contribution in [0.4, 0.5) is 0 Å². The Kier molecular flexibility index (Phi) is 4.74. The Bertz CT molecular complexity index is 973. The molecular weight excluding hydrogens is 318 g/mol. The Labute approximate surface area is 154 Å². The summed E-state index contributed by atoms with van der Waals surface area (Å²) in [5, 5.41) is 1.21. The lowest BCUT2D eigenvalue weighted by Gasteiger charge is -2.19. The van der Waals surface area contributed by atoms with E-state index in [1.165, 1.54) is 22.0 Å². The predicted molar refractivity (Wildman–Crippen MR) is 108 cm³/mol. The van der Waals surface area contributed by atoms with Crippen LogP contribution in [0.3, 0.4) is 0 Å². The van der Waals surface area contributed by atoms with E-state index in [4.69, 9.17) is 4.74 Å². The van der Waals surface area contributed by atoms with Gasteiger partial charge >= 0.3 is 0 Å². The van der Waals surface area contributed by atoms with Gasteiger partial charge in [0, 0.05) is 17.1 Å². The molecule has 2 nitrogen and oxygen atoms in total. The first kappa shape index (κ1) is 16.5. The Balaban J connectivity index is 1.59. The van der Waals surface area contributed by atoms with Crippen molar-refractivity contribution in [1.82, 2.24) is 4.57 Å². The van der Waals surface area contributed by atoms with Crippen LogP contribution in [0.2, 0.25) is 0 Å². The summed E-state index contributed by atoms with van der Waals surface area (Å²) in [6, 6.07) is 29.9. The fourth-order valence-corrected chi connectivity index (χ4v) is 3.51. The average Bonchev–Trinajstić information content (AvgIpc) is 3.12. The third kappa shape index (κ3) is 3.36. The van der Waals surface area contributed by atoms with Crippen molar-refractivity contribution in [2.75, 3.05) is 0 Å². The Morgan fingerprint density at radius 1 is 0.846 bits per heavy atom. The molecule has 0 unspecified atom stereocenters. The molecule has 0 amide bonds. The maximum absolute atomic E-state index is 5.97. The molecule has 1 heterocycles. The molecule has 0 saturated carbocycles. The number of aromatic nitrogens is 1. The van der Waals surface area contributed by atoms with Crippen molar-refractivity contribution in [3.63, 3.8) is 0 Å². The average molecular weight is 341 g/mol. The van der Waals surface area contributed by atoms with Crippen LogP contribution in [0.5, 0.6) is 5.75 Å². The third-order valence-corrected chi connectivity index (χ3v) is 4.85. The Hall–Kier alpha value is -3.00. The maximum atomic E-state index is 5.97. The maximum Gasteiger partial charge on any atom is 0.120 e. The standard InChI is InChI=1S/C24H23NO/c1-2-23(20-11-7-4-8-12-20)25-16-15-21-17-22(13-14-24(21)25)26-18-19-9-5-3-6-10-19/h3-17,23H,2,18H2,1H3/t23-/m0/s1. The lowest BCUT2D eigenvalue weighted by atomic mass is 10.0. The highest BCUT2D eigenvalue weighted by Crippen LogP contribution is 2.29. The van der Waals surface area contributed by atoms with E-state index in [1.807, 2.05) is 18.2 Å². The number of rotatable bonds is 6. The molecule has 4 aromatic rings. The largest absolute Gasteiger partial charge is 0.489 e. The lowest BCUT2D eigenvalue weighted by molar-refractivity contribution is 0.306. The summed E-state index contributed by atoms with van der Waals surface area (Å²) in [6.45, 7) is 2.83. The highest BCUT2D eigenvalue weighted by atomic mass is 16.5. The fraction of sp³-hybridized carbons (Fsp3) is 0.167. The first-order chi connectivity index (χ1) is 12.8. The summed E-state index contributed by atoms with van der Waals surface area (Å²) in [7, 11) is 0. The minimum Gasteiger partial charge on any atom is -0.489 e. The van der Waals surface area contributed by atoms with Crippen LogP contribution in [0.1, 0.15) is 30.5 Å². The van der Waals surface area contributed by atoms with Crippen molar-refractivity contribution in [3.05, 3.63) is 102 Å². The summed E-state index contributed by atoms with van der Waals surface area (Å²) in [5.41, 5.74) is 3.77. The number of hydrogen-bond acceptors (Lipinski definition) is 1. The second kappa shape index (κ2) is 7.49. The summed E-state index contributed by atoms with van der Waals surface area (Å²) in [4.78, 5) is 0. The second-order valence-electron chi connectivity index (χ2n) is 6.55. The van der Waals surface area contributed by atoms with E-state index in [2.05, 4.69) is 84.4 Å². The van der Waals surface area contributed by atoms with Crippen molar-refractivity contribution in [2.45, 2.75) is 26.0 Å². The summed E-state index contributed by atoms with van der Waals surface area (Å²) >= 11 is 0. The topological polar surface area (TPSA) is 14.2 Å². The number of hydrogen-bond donors (Lipinski definition) is 0. The van der Waals surface area contributed by atoms with E-state index < -0.39 is 0 Å². The molecule has 0 aliphatic carbocycles. The first-order valence-corrected chi connectivity index (χ1v) is 9.17. The van der Waals surface area contributed by atoms with Gasteiger partial charge in [0.15, 0.2) is 0 Å². The Morgan fingerprint density at radius 3 is 2.31 bits per heavy atom. The van der Waals surface area contributed by atoms with Crippen molar-refractivity contribution < 1.29 is 4.74 Å². The number of fused-ring (bicyclic) bond motifs is 1. The van der Waals surface area contributed by atoms with Gasteiger partial charge in [-0.15, -0.1) is 0 Å². The van der Waals surface area contributed by atoms with E-state index in [1.54, 1.807) is 0 Å². The van der Waals surface area contributed by atoms with Crippen molar-refractivity contribution in [3.8, 4) is 5.75 Å². The molecule has 4 rings (SSSR count). The van der Waals surface area contributed by atoms with E-state index in [-0.39, 0.29) is 0 Å². The molecule has 0 aliphatic rings. The number of nitrogens with zero attached hydrogens (tertiary/aromatic N) is 1. The number of ether oxygens (including phenoxy) is 1. The van der Waals surface area contributed by atoms with Gasteiger partial charge in [0.05, 0.1) is 6.04 Å². The van der Waals surface area contributed by atoms with Crippen molar-refractivity contribution in [2.24, 2.45) is 0 Å². The summed E-state index contributed by atoms with van der Waals surface area (Å²) in [6.07, 6.45) is 3.24. The predicted octanol–water partition coefficient (Wildman–Crippen LogP) is 6.22. The summed E-state index contributed by atoms with van der Waals surface area (Å²) in [5.74, 6) is 0.909. The van der Waals surface area contributed by atoms with Crippen LogP contribution in [-0.2, 0) is 6.61 Å². The van der Waals surface area contributed by atoms with Gasteiger partial charge in [-0.3, -0.25) is 0 Å². The van der Waals surface area contributed by atoms with Crippen LogP contribution >= 0.6 is 0 Å². The molecule has 0 spiro atoms. The molecule has 0 fully saturated rings. The highest BCUT2D eigenvalue weighted by molar-refractivity contribution is 5.82. The Morgan fingerprint density at radius 2 is 1.58 bits per heavy atom. The molecule has 0 aliphatic heterocycles. The first-order valence-electron chi connectivity index (χ1n) is 9.17. The zero-order chi connectivity index (χ0) is 17.8. The lowest BCUT2D eigenvalue weighted by Crippen LogP contribution is -2.08.